The van der Waals surface area contributed by atoms with Crippen LogP contribution in [0.5, 0.6) is 5.75 Å². The monoisotopic (exact) mass is 411 g/mol. The van der Waals surface area contributed by atoms with E-state index in [-0.39, 0.29) is 12.1 Å². The van der Waals surface area contributed by atoms with Crippen molar-refractivity contribution < 1.29 is 4.74 Å². The number of ether oxygens (including phenoxy) is 1. The quantitative estimate of drug-likeness (QED) is 0.718. The van der Waals surface area contributed by atoms with Crippen LogP contribution in [0.3, 0.4) is 0 Å². The van der Waals surface area contributed by atoms with E-state index in [0.717, 1.165) is 14.7 Å². The van der Waals surface area contributed by atoms with Crippen LogP contribution in [0.15, 0.2) is 51.4 Å². The van der Waals surface area contributed by atoms with Gasteiger partial charge >= 0.3 is 0 Å². The minimum Gasteiger partial charge on any atom is -0.491 e. The fourth-order valence-corrected chi connectivity index (χ4v) is 3.61. The van der Waals surface area contributed by atoms with Crippen LogP contribution < -0.4 is 10.1 Å². The molecule has 0 amide bonds. The van der Waals surface area contributed by atoms with Gasteiger partial charge in [-0.2, -0.15) is 0 Å². The molecule has 0 aliphatic rings. The summed E-state index contributed by atoms with van der Waals surface area (Å²) in [6, 6.07) is 14.7. The summed E-state index contributed by atoms with van der Waals surface area (Å²) in [6.07, 6.45) is 0.192. The van der Waals surface area contributed by atoms with Crippen LogP contribution in [0.2, 0.25) is 0 Å². The molecule has 2 rings (SSSR count). The maximum Gasteiger partial charge on any atom is 0.119 e. The van der Waals surface area contributed by atoms with Crippen LogP contribution in [0.1, 0.15) is 31.0 Å². The Morgan fingerprint density at radius 2 is 1.48 bits per heavy atom. The molecule has 0 aliphatic carbocycles. The number of nitrogens with one attached hydrogen (secondary N) is 1. The predicted molar refractivity (Wildman–Crippen MR) is 95.0 cm³/mol. The summed E-state index contributed by atoms with van der Waals surface area (Å²) < 4.78 is 7.81. The molecule has 0 fully saturated rings. The summed E-state index contributed by atoms with van der Waals surface area (Å²) in [4.78, 5) is 0. The molecule has 0 saturated carbocycles. The van der Waals surface area contributed by atoms with Gasteiger partial charge in [-0.05, 0) is 62.4 Å². The SMILES string of the molecule is CNC(c1ccc(OC(C)C)cc1)c1cc(Br)cc(Br)c1. The molecule has 1 unspecified atom stereocenters. The third-order valence-electron chi connectivity index (χ3n) is 3.09. The molecule has 2 aromatic carbocycles. The number of benzene rings is 2. The van der Waals surface area contributed by atoms with Crippen molar-refractivity contribution in [1.82, 2.24) is 5.32 Å². The summed E-state index contributed by atoms with van der Waals surface area (Å²) in [5, 5.41) is 3.37. The lowest BCUT2D eigenvalue weighted by molar-refractivity contribution is 0.242. The fraction of sp³-hybridized carbons (Fsp3) is 0.294. The van der Waals surface area contributed by atoms with Gasteiger partial charge in [-0.25, -0.2) is 0 Å². The van der Waals surface area contributed by atoms with E-state index in [0.29, 0.717) is 0 Å². The van der Waals surface area contributed by atoms with Gasteiger partial charge < -0.3 is 10.1 Å². The molecule has 0 heterocycles. The first kappa shape index (κ1) is 16.5. The van der Waals surface area contributed by atoms with Crippen LogP contribution in [-0.4, -0.2) is 13.2 Å². The van der Waals surface area contributed by atoms with Crippen molar-refractivity contribution in [2.45, 2.75) is 26.0 Å². The molecule has 21 heavy (non-hydrogen) atoms. The normalized spacial score (nSPS) is 12.5. The second-order valence-electron chi connectivity index (χ2n) is 5.16. The largest absolute Gasteiger partial charge is 0.491 e. The maximum atomic E-state index is 5.69. The third kappa shape index (κ3) is 4.56. The van der Waals surface area contributed by atoms with E-state index in [4.69, 9.17) is 4.74 Å². The van der Waals surface area contributed by atoms with Crippen molar-refractivity contribution in [2.24, 2.45) is 0 Å². The Morgan fingerprint density at radius 3 is 1.95 bits per heavy atom. The highest BCUT2D eigenvalue weighted by atomic mass is 79.9. The summed E-state index contributed by atoms with van der Waals surface area (Å²) in [6.45, 7) is 4.06. The average molecular weight is 413 g/mol. The molecular formula is C17H19Br2NO. The zero-order chi connectivity index (χ0) is 15.4. The summed E-state index contributed by atoms with van der Waals surface area (Å²) in [5.41, 5.74) is 2.41. The summed E-state index contributed by atoms with van der Waals surface area (Å²) >= 11 is 7.09. The Labute approximate surface area is 143 Å². The molecule has 2 aromatic rings. The van der Waals surface area contributed by atoms with E-state index >= 15 is 0 Å². The number of rotatable bonds is 5. The smallest absolute Gasteiger partial charge is 0.119 e. The summed E-state index contributed by atoms with van der Waals surface area (Å²) in [7, 11) is 1.97. The number of halogens is 2. The molecule has 0 spiro atoms. The van der Waals surface area contributed by atoms with Gasteiger partial charge in [-0.3, -0.25) is 0 Å². The molecular weight excluding hydrogens is 394 g/mol. The minimum absolute atomic E-state index is 0.145. The first-order chi connectivity index (χ1) is 9.99. The van der Waals surface area contributed by atoms with E-state index in [1.165, 1.54) is 11.1 Å². The molecule has 1 atom stereocenters. The number of hydrogen-bond donors (Lipinski definition) is 1. The number of hydrogen-bond acceptors (Lipinski definition) is 2. The van der Waals surface area contributed by atoms with Gasteiger partial charge in [0.25, 0.3) is 0 Å². The molecule has 0 aromatic heterocycles. The lowest BCUT2D eigenvalue weighted by Crippen LogP contribution is -2.17. The van der Waals surface area contributed by atoms with Gasteiger partial charge in [0.1, 0.15) is 5.75 Å². The first-order valence-corrected chi connectivity index (χ1v) is 8.48. The third-order valence-corrected chi connectivity index (χ3v) is 4.01. The highest BCUT2D eigenvalue weighted by Gasteiger charge is 2.13. The molecule has 2 nitrogen and oxygen atoms in total. The van der Waals surface area contributed by atoms with Crippen molar-refractivity contribution in [3.8, 4) is 5.75 Å². The highest BCUT2D eigenvalue weighted by Crippen LogP contribution is 2.29. The van der Waals surface area contributed by atoms with Crippen molar-refractivity contribution in [1.29, 1.82) is 0 Å². The van der Waals surface area contributed by atoms with Crippen molar-refractivity contribution in [3.63, 3.8) is 0 Å². The average Bonchev–Trinajstić information content (AvgIpc) is 2.40. The second-order valence-corrected chi connectivity index (χ2v) is 6.99. The standard InChI is InChI=1S/C17H19Br2NO/c1-11(2)21-16-6-4-12(5-7-16)17(20-3)13-8-14(18)10-15(19)9-13/h4-11,17,20H,1-3H3. The Hall–Kier alpha value is -0.840. The molecule has 112 valence electrons. The van der Waals surface area contributed by atoms with E-state index in [1.54, 1.807) is 0 Å². The Morgan fingerprint density at radius 1 is 0.905 bits per heavy atom. The van der Waals surface area contributed by atoms with Crippen LogP contribution in [0.25, 0.3) is 0 Å². The lowest BCUT2D eigenvalue weighted by atomic mass is 9.99. The van der Waals surface area contributed by atoms with E-state index in [2.05, 4.69) is 61.4 Å². The van der Waals surface area contributed by atoms with E-state index in [1.807, 2.05) is 39.1 Å². The zero-order valence-electron chi connectivity index (χ0n) is 12.4. The highest BCUT2D eigenvalue weighted by molar-refractivity contribution is 9.11. The maximum absolute atomic E-state index is 5.69. The molecule has 4 heteroatoms. The van der Waals surface area contributed by atoms with Gasteiger partial charge in [0.15, 0.2) is 0 Å². The van der Waals surface area contributed by atoms with Crippen LogP contribution in [0, 0.1) is 0 Å². The van der Waals surface area contributed by atoms with Gasteiger partial charge in [0, 0.05) is 8.95 Å². The van der Waals surface area contributed by atoms with Crippen LogP contribution >= 0.6 is 31.9 Å². The molecule has 0 radical (unpaired) electrons. The summed E-state index contributed by atoms with van der Waals surface area (Å²) in [5.74, 6) is 0.902. The van der Waals surface area contributed by atoms with Gasteiger partial charge in [-0.15, -0.1) is 0 Å². The van der Waals surface area contributed by atoms with E-state index in [9.17, 15) is 0 Å². The lowest BCUT2D eigenvalue weighted by Gasteiger charge is -2.19. The van der Waals surface area contributed by atoms with Gasteiger partial charge in [0.2, 0.25) is 0 Å². The van der Waals surface area contributed by atoms with Gasteiger partial charge in [-0.1, -0.05) is 44.0 Å². The van der Waals surface area contributed by atoms with Crippen molar-refractivity contribution in [2.75, 3.05) is 7.05 Å². The van der Waals surface area contributed by atoms with Crippen molar-refractivity contribution in [3.05, 3.63) is 62.5 Å². The topological polar surface area (TPSA) is 21.3 Å². The Balaban J connectivity index is 2.28. The van der Waals surface area contributed by atoms with Crippen LogP contribution in [-0.2, 0) is 0 Å². The van der Waals surface area contributed by atoms with Crippen molar-refractivity contribution >= 4 is 31.9 Å². The van der Waals surface area contributed by atoms with Gasteiger partial charge in [0.05, 0.1) is 12.1 Å². The predicted octanol–water partition coefficient (Wildman–Crippen LogP) is 5.31. The molecule has 0 aliphatic heterocycles. The first-order valence-electron chi connectivity index (χ1n) is 6.89. The van der Waals surface area contributed by atoms with E-state index < -0.39 is 0 Å². The minimum atomic E-state index is 0.145. The second kappa shape index (κ2) is 7.43. The Bertz CT molecular complexity index is 576. The zero-order valence-corrected chi connectivity index (χ0v) is 15.5. The fourth-order valence-electron chi connectivity index (χ4n) is 2.28. The molecule has 0 bridgehead atoms. The van der Waals surface area contributed by atoms with Crippen LogP contribution in [0.4, 0.5) is 0 Å². The molecule has 1 N–H and O–H groups in total. The molecule has 0 saturated heterocycles. The Kier molecular flexibility index (Phi) is 5.85.